The van der Waals surface area contributed by atoms with Gasteiger partial charge >= 0.3 is 0 Å². The maximum atomic E-state index is 4.30. The number of hydrogen-bond donors (Lipinski definition) is 0. The Balaban J connectivity index is 2.23. The molecule has 0 aromatic carbocycles. The van der Waals surface area contributed by atoms with Gasteiger partial charge in [0, 0.05) is 25.9 Å². The van der Waals surface area contributed by atoms with Crippen LogP contribution in [0.25, 0.3) is 0 Å². The highest BCUT2D eigenvalue weighted by atomic mass is 79.9. The summed E-state index contributed by atoms with van der Waals surface area (Å²) in [6.45, 7) is 0. The molecule has 2 rings (SSSR count). The van der Waals surface area contributed by atoms with Gasteiger partial charge in [0.2, 0.25) is 0 Å². The van der Waals surface area contributed by atoms with E-state index in [0.29, 0.717) is 0 Å². The van der Waals surface area contributed by atoms with Crippen molar-refractivity contribution in [3.63, 3.8) is 0 Å². The summed E-state index contributed by atoms with van der Waals surface area (Å²) in [6, 6.07) is 3.99. The van der Waals surface area contributed by atoms with Crippen molar-refractivity contribution in [2.24, 2.45) is 7.05 Å². The van der Waals surface area contributed by atoms with Crippen LogP contribution in [0, 0.1) is 0 Å². The van der Waals surface area contributed by atoms with Gasteiger partial charge in [-0.2, -0.15) is 0 Å². The molecule has 0 bridgehead atoms. The zero-order valence-electron chi connectivity index (χ0n) is 7.81. The van der Waals surface area contributed by atoms with Gasteiger partial charge in [-0.25, -0.2) is 4.98 Å². The SMILES string of the molecule is Cn1cnc(Cc2cccnc2)c1Br. The maximum absolute atomic E-state index is 4.30. The van der Waals surface area contributed by atoms with E-state index in [9.17, 15) is 0 Å². The number of rotatable bonds is 2. The van der Waals surface area contributed by atoms with Gasteiger partial charge in [0.05, 0.1) is 12.0 Å². The summed E-state index contributed by atoms with van der Waals surface area (Å²) < 4.78 is 2.98. The van der Waals surface area contributed by atoms with Crippen molar-refractivity contribution in [3.05, 3.63) is 46.7 Å². The molecule has 0 fully saturated rings. The molecular formula is C10H10BrN3. The first kappa shape index (κ1) is 9.40. The Hall–Kier alpha value is -1.16. The molecule has 0 N–H and O–H groups in total. The molecule has 0 aliphatic rings. The summed E-state index contributed by atoms with van der Waals surface area (Å²) in [6.07, 6.45) is 6.25. The number of aryl methyl sites for hydroxylation is 1. The molecule has 0 spiro atoms. The van der Waals surface area contributed by atoms with E-state index >= 15 is 0 Å². The van der Waals surface area contributed by atoms with Crippen LogP contribution in [0.15, 0.2) is 35.5 Å². The quantitative estimate of drug-likeness (QED) is 0.820. The van der Waals surface area contributed by atoms with E-state index in [1.807, 2.05) is 29.9 Å². The molecule has 0 amide bonds. The minimum absolute atomic E-state index is 0.815. The Bertz CT molecular complexity index is 422. The molecule has 0 unspecified atom stereocenters. The zero-order valence-corrected chi connectivity index (χ0v) is 9.40. The summed E-state index contributed by atoms with van der Waals surface area (Å²) in [5, 5.41) is 0. The molecule has 14 heavy (non-hydrogen) atoms. The zero-order chi connectivity index (χ0) is 9.97. The van der Waals surface area contributed by atoms with Gasteiger partial charge in [-0.3, -0.25) is 4.98 Å². The second-order valence-electron chi connectivity index (χ2n) is 3.13. The number of nitrogens with zero attached hydrogens (tertiary/aromatic N) is 3. The number of hydrogen-bond acceptors (Lipinski definition) is 2. The molecule has 0 saturated heterocycles. The smallest absolute Gasteiger partial charge is 0.108 e. The maximum Gasteiger partial charge on any atom is 0.108 e. The Morgan fingerprint density at radius 2 is 2.36 bits per heavy atom. The third-order valence-electron chi connectivity index (χ3n) is 2.03. The highest BCUT2D eigenvalue weighted by molar-refractivity contribution is 9.10. The normalized spacial score (nSPS) is 10.4. The standard InChI is InChI=1S/C10H10BrN3/c1-14-7-13-9(10(14)11)5-8-3-2-4-12-6-8/h2-4,6-7H,5H2,1H3. The van der Waals surface area contributed by atoms with Gasteiger partial charge in [0.25, 0.3) is 0 Å². The molecule has 0 atom stereocenters. The lowest BCUT2D eigenvalue weighted by atomic mass is 10.2. The van der Waals surface area contributed by atoms with Gasteiger partial charge in [0.15, 0.2) is 0 Å². The van der Waals surface area contributed by atoms with Crippen LogP contribution < -0.4 is 0 Å². The second-order valence-corrected chi connectivity index (χ2v) is 3.88. The fraction of sp³-hybridized carbons (Fsp3) is 0.200. The van der Waals surface area contributed by atoms with Crippen molar-refractivity contribution in [2.45, 2.75) is 6.42 Å². The number of pyridine rings is 1. The van der Waals surface area contributed by atoms with Crippen LogP contribution >= 0.6 is 15.9 Å². The van der Waals surface area contributed by atoms with Crippen LogP contribution in [0.1, 0.15) is 11.3 Å². The predicted octanol–water partition coefficient (Wildman–Crippen LogP) is 2.17. The molecule has 0 radical (unpaired) electrons. The van der Waals surface area contributed by atoms with Crippen molar-refractivity contribution in [1.82, 2.24) is 14.5 Å². The van der Waals surface area contributed by atoms with Crippen LogP contribution in [0.5, 0.6) is 0 Å². The fourth-order valence-electron chi connectivity index (χ4n) is 1.28. The first-order valence-electron chi connectivity index (χ1n) is 4.32. The Kier molecular flexibility index (Phi) is 2.63. The van der Waals surface area contributed by atoms with Crippen molar-refractivity contribution >= 4 is 15.9 Å². The monoisotopic (exact) mass is 251 g/mol. The van der Waals surface area contributed by atoms with Crippen LogP contribution in [0.4, 0.5) is 0 Å². The Labute approximate surface area is 90.9 Å². The molecule has 2 heterocycles. The van der Waals surface area contributed by atoms with Crippen LogP contribution in [-0.2, 0) is 13.5 Å². The topological polar surface area (TPSA) is 30.7 Å². The molecule has 0 aliphatic heterocycles. The molecular weight excluding hydrogens is 242 g/mol. The average Bonchev–Trinajstić information content (AvgIpc) is 2.52. The lowest BCUT2D eigenvalue weighted by Gasteiger charge is -1.98. The molecule has 2 aromatic rings. The largest absolute Gasteiger partial charge is 0.328 e. The molecule has 4 heteroatoms. The first-order valence-corrected chi connectivity index (χ1v) is 5.11. The molecule has 0 saturated carbocycles. The molecule has 3 nitrogen and oxygen atoms in total. The van der Waals surface area contributed by atoms with E-state index in [2.05, 4.69) is 25.9 Å². The van der Waals surface area contributed by atoms with E-state index in [1.54, 1.807) is 12.5 Å². The van der Waals surface area contributed by atoms with Gasteiger partial charge in [0.1, 0.15) is 4.60 Å². The molecule has 0 aliphatic carbocycles. The third kappa shape index (κ3) is 1.85. The Morgan fingerprint density at radius 1 is 1.50 bits per heavy atom. The minimum atomic E-state index is 0.815. The summed E-state index contributed by atoms with van der Waals surface area (Å²) >= 11 is 3.49. The van der Waals surface area contributed by atoms with Crippen LogP contribution in [0.3, 0.4) is 0 Å². The van der Waals surface area contributed by atoms with E-state index in [1.165, 1.54) is 5.56 Å². The summed E-state index contributed by atoms with van der Waals surface area (Å²) in [5.41, 5.74) is 2.22. The molecule has 72 valence electrons. The number of aromatic nitrogens is 3. The van der Waals surface area contributed by atoms with Gasteiger partial charge in [-0.1, -0.05) is 6.07 Å². The third-order valence-corrected chi connectivity index (χ3v) is 3.05. The number of halogens is 1. The van der Waals surface area contributed by atoms with E-state index < -0.39 is 0 Å². The fourth-order valence-corrected chi connectivity index (χ4v) is 1.61. The van der Waals surface area contributed by atoms with Crippen LogP contribution in [-0.4, -0.2) is 14.5 Å². The van der Waals surface area contributed by atoms with E-state index in [-0.39, 0.29) is 0 Å². The van der Waals surface area contributed by atoms with Crippen molar-refractivity contribution < 1.29 is 0 Å². The van der Waals surface area contributed by atoms with Crippen molar-refractivity contribution in [3.8, 4) is 0 Å². The van der Waals surface area contributed by atoms with Gasteiger partial charge < -0.3 is 4.57 Å². The van der Waals surface area contributed by atoms with Crippen molar-refractivity contribution in [1.29, 1.82) is 0 Å². The first-order chi connectivity index (χ1) is 6.77. The predicted molar refractivity (Wildman–Crippen MR) is 58.0 cm³/mol. The minimum Gasteiger partial charge on any atom is -0.328 e. The van der Waals surface area contributed by atoms with E-state index in [4.69, 9.17) is 0 Å². The second kappa shape index (κ2) is 3.92. The van der Waals surface area contributed by atoms with Gasteiger partial charge in [-0.15, -0.1) is 0 Å². The summed E-state index contributed by atoms with van der Waals surface area (Å²) in [4.78, 5) is 8.37. The Morgan fingerprint density at radius 3 is 2.93 bits per heavy atom. The highest BCUT2D eigenvalue weighted by Gasteiger charge is 2.05. The lowest BCUT2D eigenvalue weighted by Crippen LogP contribution is -1.91. The van der Waals surface area contributed by atoms with Crippen molar-refractivity contribution in [2.75, 3.05) is 0 Å². The van der Waals surface area contributed by atoms with Crippen LogP contribution in [0.2, 0.25) is 0 Å². The highest BCUT2D eigenvalue weighted by Crippen LogP contribution is 2.17. The summed E-state index contributed by atoms with van der Waals surface area (Å²) in [5.74, 6) is 0. The number of imidazole rings is 1. The van der Waals surface area contributed by atoms with E-state index in [0.717, 1.165) is 16.7 Å². The lowest BCUT2D eigenvalue weighted by molar-refractivity contribution is 0.887. The molecule has 2 aromatic heterocycles. The average molecular weight is 252 g/mol. The van der Waals surface area contributed by atoms with Gasteiger partial charge in [-0.05, 0) is 27.6 Å². The summed E-state index contributed by atoms with van der Waals surface area (Å²) in [7, 11) is 1.96.